The molecule has 6 heteroatoms. The van der Waals surface area contributed by atoms with Crippen molar-refractivity contribution in [1.29, 1.82) is 0 Å². The van der Waals surface area contributed by atoms with Gasteiger partial charge >= 0.3 is 0 Å². The smallest absolute Gasteiger partial charge is 0.204 e. The first-order chi connectivity index (χ1) is 9.80. The molecule has 1 aromatic heterocycles. The summed E-state index contributed by atoms with van der Waals surface area (Å²) in [5.41, 5.74) is 0. The monoisotopic (exact) mass is 280 g/mol. The van der Waals surface area contributed by atoms with Crippen molar-refractivity contribution in [1.82, 2.24) is 9.97 Å². The maximum Gasteiger partial charge on any atom is 0.204 e. The summed E-state index contributed by atoms with van der Waals surface area (Å²) in [4.78, 5) is 8.48. The van der Waals surface area contributed by atoms with Gasteiger partial charge < -0.3 is 20.5 Å². The van der Waals surface area contributed by atoms with E-state index in [2.05, 4.69) is 20.6 Å². The van der Waals surface area contributed by atoms with Gasteiger partial charge in [-0.15, -0.1) is 0 Å². The maximum atomic E-state index is 9.49. The van der Waals surface area contributed by atoms with E-state index in [0.717, 1.165) is 19.4 Å². The van der Waals surface area contributed by atoms with Crippen LogP contribution < -0.4 is 15.4 Å². The van der Waals surface area contributed by atoms with Gasteiger partial charge in [0, 0.05) is 25.1 Å². The molecule has 2 rings (SSSR count). The van der Waals surface area contributed by atoms with Gasteiger partial charge in [-0.3, -0.25) is 0 Å². The Morgan fingerprint density at radius 2 is 2.05 bits per heavy atom. The first-order valence-electron chi connectivity index (χ1n) is 7.30. The van der Waals surface area contributed by atoms with Gasteiger partial charge in [-0.05, 0) is 19.8 Å². The largest absolute Gasteiger partial charge is 0.490 e. The van der Waals surface area contributed by atoms with Crippen LogP contribution in [0.1, 0.15) is 32.6 Å². The van der Waals surface area contributed by atoms with Crippen LogP contribution in [0.2, 0.25) is 0 Å². The zero-order chi connectivity index (χ0) is 14.4. The van der Waals surface area contributed by atoms with Crippen LogP contribution in [0.25, 0.3) is 0 Å². The Morgan fingerprint density at radius 1 is 1.30 bits per heavy atom. The van der Waals surface area contributed by atoms with E-state index in [0.29, 0.717) is 17.4 Å². The minimum absolute atomic E-state index is 0.213. The minimum Gasteiger partial charge on any atom is -0.490 e. The molecule has 0 saturated heterocycles. The summed E-state index contributed by atoms with van der Waals surface area (Å²) in [5, 5.41) is 16.1. The third-order valence-electron chi connectivity index (χ3n) is 3.82. The summed E-state index contributed by atoms with van der Waals surface area (Å²) in [6, 6.07) is 0.243. The van der Waals surface area contributed by atoms with E-state index < -0.39 is 0 Å². The van der Waals surface area contributed by atoms with Crippen LogP contribution >= 0.6 is 0 Å². The molecular weight excluding hydrogens is 256 g/mol. The molecule has 0 bridgehead atoms. The predicted molar refractivity (Wildman–Crippen MR) is 79.2 cm³/mol. The lowest BCUT2D eigenvalue weighted by atomic mass is 9.85. The summed E-state index contributed by atoms with van der Waals surface area (Å²) >= 11 is 0. The van der Waals surface area contributed by atoms with Crippen LogP contribution in [0, 0.1) is 5.92 Å². The molecule has 1 heterocycles. The van der Waals surface area contributed by atoms with Crippen LogP contribution in [0.3, 0.4) is 0 Å². The highest BCUT2D eigenvalue weighted by Gasteiger charge is 2.26. The Bertz CT molecular complexity index is 428. The lowest BCUT2D eigenvalue weighted by Gasteiger charge is -2.31. The molecule has 1 fully saturated rings. The Hall–Kier alpha value is -1.56. The quantitative estimate of drug-likeness (QED) is 0.738. The van der Waals surface area contributed by atoms with Gasteiger partial charge in [0.05, 0.1) is 7.11 Å². The molecular formula is C14H24N4O2. The summed E-state index contributed by atoms with van der Waals surface area (Å²) in [5.74, 6) is 2.32. The average molecular weight is 280 g/mol. The molecule has 2 atom stereocenters. The Balaban J connectivity index is 2.17. The minimum atomic E-state index is 0.213. The van der Waals surface area contributed by atoms with Gasteiger partial charge in [-0.2, -0.15) is 0 Å². The number of aliphatic hydroxyl groups is 1. The third kappa shape index (κ3) is 3.30. The molecule has 2 unspecified atom stereocenters. The highest BCUT2D eigenvalue weighted by atomic mass is 16.5. The first-order valence-corrected chi connectivity index (χ1v) is 7.30. The second kappa shape index (κ2) is 7.28. The lowest BCUT2D eigenvalue weighted by molar-refractivity contribution is 0.178. The van der Waals surface area contributed by atoms with E-state index in [1.54, 1.807) is 7.11 Å². The van der Waals surface area contributed by atoms with Crippen molar-refractivity contribution < 1.29 is 9.84 Å². The van der Waals surface area contributed by atoms with E-state index in [4.69, 9.17) is 4.74 Å². The Kier molecular flexibility index (Phi) is 5.40. The topological polar surface area (TPSA) is 79.3 Å². The van der Waals surface area contributed by atoms with Crippen LogP contribution in [0.15, 0.2) is 6.33 Å². The van der Waals surface area contributed by atoms with Crippen molar-refractivity contribution in [3.8, 4) is 5.75 Å². The maximum absolute atomic E-state index is 9.49. The van der Waals surface area contributed by atoms with Crippen LogP contribution in [-0.2, 0) is 0 Å². The van der Waals surface area contributed by atoms with E-state index in [1.807, 2.05) is 6.92 Å². The van der Waals surface area contributed by atoms with Gasteiger partial charge in [-0.1, -0.05) is 12.8 Å². The number of aromatic nitrogens is 2. The Labute approximate surface area is 120 Å². The van der Waals surface area contributed by atoms with Crippen molar-refractivity contribution in [3.63, 3.8) is 0 Å². The zero-order valence-electron chi connectivity index (χ0n) is 12.2. The molecule has 1 aliphatic rings. The van der Waals surface area contributed by atoms with E-state index in [1.165, 1.54) is 19.2 Å². The first kappa shape index (κ1) is 14.8. The van der Waals surface area contributed by atoms with Crippen molar-refractivity contribution in [2.24, 2.45) is 5.92 Å². The number of aliphatic hydroxyl groups excluding tert-OH is 1. The van der Waals surface area contributed by atoms with Gasteiger partial charge in [0.25, 0.3) is 0 Å². The molecule has 0 amide bonds. The average Bonchev–Trinajstić information content (AvgIpc) is 2.48. The van der Waals surface area contributed by atoms with Crippen LogP contribution in [0.4, 0.5) is 11.6 Å². The highest BCUT2D eigenvalue weighted by Crippen LogP contribution is 2.33. The number of nitrogens with zero attached hydrogens (tertiary/aromatic N) is 2. The van der Waals surface area contributed by atoms with Crippen molar-refractivity contribution in [3.05, 3.63) is 6.33 Å². The summed E-state index contributed by atoms with van der Waals surface area (Å²) < 4.78 is 5.43. The fraction of sp³-hybridized carbons (Fsp3) is 0.714. The lowest BCUT2D eigenvalue weighted by Crippen LogP contribution is -2.34. The number of anilines is 2. The van der Waals surface area contributed by atoms with Crippen LogP contribution in [-0.4, -0.2) is 41.4 Å². The summed E-state index contributed by atoms with van der Waals surface area (Å²) in [6.07, 6.45) is 6.00. The van der Waals surface area contributed by atoms with Crippen molar-refractivity contribution >= 4 is 11.6 Å². The molecule has 0 aromatic carbocycles. The van der Waals surface area contributed by atoms with Crippen LogP contribution in [0.5, 0.6) is 5.75 Å². The highest BCUT2D eigenvalue weighted by molar-refractivity contribution is 5.63. The molecule has 1 aliphatic carbocycles. The second-order valence-corrected chi connectivity index (χ2v) is 5.11. The number of ether oxygens (including phenoxy) is 1. The second-order valence-electron chi connectivity index (χ2n) is 5.11. The predicted octanol–water partition coefficient (Wildman–Crippen LogP) is 1.88. The number of methoxy groups -OCH3 is 1. The molecule has 0 radical (unpaired) electrons. The Morgan fingerprint density at radius 3 is 2.75 bits per heavy atom. The normalized spacial score (nSPS) is 22.4. The molecule has 0 aliphatic heterocycles. The van der Waals surface area contributed by atoms with E-state index >= 15 is 0 Å². The fourth-order valence-corrected chi connectivity index (χ4v) is 2.76. The van der Waals surface area contributed by atoms with Crippen molar-refractivity contribution in [2.45, 2.75) is 38.6 Å². The molecule has 3 N–H and O–H groups in total. The zero-order valence-corrected chi connectivity index (χ0v) is 12.2. The molecule has 1 aromatic rings. The number of hydrogen-bond acceptors (Lipinski definition) is 6. The third-order valence-corrected chi connectivity index (χ3v) is 3.82. The van der Waals surface area contributed by atoms with Gasteiger partial charge in [0.1, 0.15) is 6.33 Å². The summed E-state index contributed by atoms with van der Waals surface area (Å²) in [7, 11) is 1.62. The number of rotatable bonds is 6. The number of nitrogens with one attached hydrogen (secondary N) is 2. The molecule has 0 spiro atoms. The van der Waals surface area contributed by atoms with E-state index in [9.17, 15) is 5.11 Å². The number of hydrogen-bond donors (Lipinski definition) is 3. The standard InChI is InChI=1S/C14H24N4O2/c1-3-15-13-12(20-2)14(17-9-16-13)18-11-7-5-4-6-10(11)8-19/h9-11,19H,3-8H2,1-2H3,(H2,15,16,17,18). The molecule has 112 valence electrons. The van der Waals surface area contributed by atoms with Crippen molar-refractivity contribution in [2.75, 3.05) is 30.9 Å². The molecule has 1 saturated carbocycles. The SMILES string of the molecule is CCNc1ncnc(NC2CCCCC2CO)c1OC. The fourth-order valence-electron chi connectivity index (χ4n) is 2.76. The van der Waals surface area contributed by atoms with Gasteiger partial charge in [-0.25, -0.2) is 9.97 Å². The van der Waals surface area contributed by atoms with Gasteiger partial charge in [0.2, 0.25) is 5.75 Å². The molecule has 6 nitrogen and oxygen atoms in total. The molecule has 20 heavy (non-hydrogen) atoms. The van der Waals surface area contributed by atoms with Gasteiger partial charge in [0.15, 0.2) is 11.6 Å². The van der Waals surface area contributed by atoms with E-state index in [-0.39, 0.29) is 18.6 Å². The summed E-state index contributed by atoms with van der Waals surface area (Å²) in [6.45, 7) is 3.00.